The number of aromatic nitrogens is 1. The first-order valence-corrected chi connectivity index (χ1v) is 20.3. The van der Waals surface area contributed by atoms with Crippen LogP contribution in [0.1, 0.15) is 163 Å². The molecule has 0 aliphatic carbocycles. The Morgan fingerprint density at radius 3 is 1.00 bits per heavy atom. The minimum atomic E-state index is -0.361. The maximum Gasteiger partial charge on any atom is 0.0452 e. The van der Waals surface area contributed by atoms with E-state index in [0.717, 1.165) is 12.3 Å². The molecule has 0 spiro atoms. The number of hydrogen-bond donors (Lipinski definition) is 0. The number of nitrogens with zero attached hydrogens (tertiary/aromatic N) is 1. The molecular weight excluding hydrogens is 544 g/mol. The summed E-state index contributed by atoms with van der Waals surface area (Å²) >= 11 is 0. The lowest BCUT2D eigenvalue weighted by Crippen LogP contribution is -2.19. The predicted molar refractivity (Wildman–Crippen MR) is 194 cm³/mol. The smallest absolute Gasteiger partial charge is 0.0452 e. The Balaban J connectivity index is 1.97. The van der Waals surface area contributed by atoms with Crippen LogP contribution < -0.4 is 10.6 Å². The Morgan fingerprint density at radius 1 is 0.476 bits per heavy atom. The van der Waals surface area contributed by atoms with Crippen molar-refractivity contribution in [1.82, 2.24) is 4.98 Å². The predicted octanol–water partition coefficient (Wildman–Crippen LogP) is 11.7. The van der Waals surface area contributed by atoms with E-state index in [1.54, 1.807) is 32.9 Å². The summed E-state index contributed by atoms with van der Waals surface area (Å²) in [6, 6.07) is 16.8. The molecule has 2 unspecified atom stereocenters. The molecule has 1 nitrogen and oxygen atoms in total. The topological polar surface area (TPSA) is 12.9 Å². The summed E-state index contributed by atoms with van der Waals surface area (Å²) in [5, 5.41) is 3.25. The molecular formula is C39H59NP2. The number of rotatable bonds is 12. The molecule has 0 saturated carbocycles. The summed E-state index contributed by atoms with van der Waals surface area (Å²) in [6.45, 7) is 33.2. The fraction of sp³-hybridized carbons (Fsp3) is 0.564. The zero-order valence-corrected chi connectivity index (χ0v) is 31.1. The molecule has 3 heteroatoms. The quantitative estimate of drug-likeness (QED) is 0.188. The maximum atomic E-state index is 5.33. The van der Waals surface area contributed by atoms with Gasteiger partial charge in [-0.05, 0) is 105 Å². The molecule has 0 aliphatic heterocycles. The van der Waals surface area contributed by atoms with E-state index >= 15 is 0 Å². The van der Waals surface area contributed by atoms with E-state index in [2.05, 4.69) is 139 Å². The third-order valence-corrected chi connectivity index (χ3v) is 12.8. The van der Waals surface area contributed by atoms with Gasteiger partial charge in [0, 0.05) is 23.7 Å². The van der Waals surface area contributed by atoms with Crippen molar-refractivity contribution in [3.05, 3.63) is 87.2 Å². The monoisotopic (exact) mass is 603 g/mol. The lowest BCUT2D eigenvalue weighted by Gasteiger charge is -2.27. The SMILES string of the molecule is CC(C)c1cc(C(C)C)c(P(C)Cc2cccc(CP(C)c3c(C(C)C)cc(C(C)C)cc3C(C)C)n2)c(C(C)C)c1. The Labute approximate surface area is 262 Å². The summed E-state index contributed by atoms with van der Waals surface area (Å²) in [4.78, 5) is 5.33. The Morgan fingerprint density at radius 2 is 0.762 bits per heavy atom. The van der Waals surface area contributed by atoms with Crippen molar-refractivity contribution in [2.75, 3.05) is 13.3 Å². The first-order chi connectivity index (χ1) is 19.6. The average molecular weight is 604 g/mol. The molecule has 2 aromatic carbocycles. The highest BCUT2D eigenvalue weighted by Gasteiger charge is 2.24. The van der Waals surface area contributed by atoms with Crippen molar-refractivity contribution in [2.45, 2.75) is 131 Å². The fourth-order valence-electron chi connectivity index (χ4n) is 6.07. The van der Waals surface area contributed by atoms with Crippen molar-refractivity contribution >= 4 is 26.5 Å². The van der Waals surface area contributed by atoms with Crippen LogP contribution in [0.25, 0.3) is 0 Å². The van der Waals surface area contributed by atoms with Gasteiger partial charge in [-0.15, -0.1) is 0 Å². The molecule has 230 valence electrons. The van der Waals surface area contributed by atoms with E-state index in [0.29, 0.717) is 35.5 Å². The highest BCUT2D eigenvalue weighted by molar-refractivity contribution is 7.64. The molecule has 1 heterocycles. The third-order valence-electron chi connectivity index (χ3n) is 8.63. The molecule has 0 saturated heterocycles. The van der Waals surface area contributed by atoms with E-state index in [1.165, 1.54) is 22.5 Å². The second-order valence-electron chi connectivity index (χ2n) is 14.4. The molecule has 3 aromatic rings. The molecule has 0 bridgehead atoms. The zero-order chi connectivity index (χ0) is 31.5. The molecule has 2 atom stereocenters. The molecule has 0 aliphatic rings. The lowest BCUT2D eigenvalue weighted by atomic mass is 9.89. The van der Waals surface area contributed by atoms with Gasteiger partial charge in [-0.3, -0.25) is 4.98 Å². The van der Waals surface area contributed by atoms with Gasteiger partial charge >= 0.3 is 0 Å². The fourth-order valence-corrected chi connectivity index (χ4v) is 10.8. The van der Waals surface area contributed by atoms with Gasteiger partial charge in [0.2, 0.25) is 0 Å². The largest absolute Gasteiger partial charge is 0.257 e. The van der Waals surface area contributed by atoms with Crippen LogP contribution >= 0.6 is 15.8 Å². The Kier molecular flexibility index (Phi) is 12.4. The Bertz CT molecular complexity index is 1180. The van der Waals surface area contributed by atoms with Gasteiger partial charge in [-0.25, -0.2) is 0 Å². The van der Waals surface area contributed by atoms with Crippen LogP contribution in [0.15, 0.2) is 42.5 Å². The van der Waals surface area contributed by atoms with Crippen LogP contribution in [0.2, 0.25) is 0 Å². The van der Waals surface area contributed by atoms with Gasteiger partial charge in [0.15, 0.2) is 0 Å². The molecule has 42 heavy (non-hydrogen) atoms. The second-order valence-corrected chi connectivity index (χ2v) is 18.7. The van der Waals surface area contributed by atoms with E-state index < -0.39 is 0 Å². The third kappa shape index (κ3) is 8.33. The molecule has 0 fully saturated rings. The normalized spacial score (nSPS) is 13.8. The number of benzene rings is 2. The number of pyridine rings is 1. The summed E-state index contributed by atoms with van der Waals surface area (Å²) < 4.78 is 0. The first-order valence-electron chi connectivity index (χ1n) is 16.3. The van der Waals surface area contributed by atoms with Crippen LogP contribution in [0.5, 0.6) is 0 Å². The highest BCUT2D eigenvalue weighted by Crippen LogP contribution is 2.43. The van der Waals surface area contributed by atoms with Crippen molar-refractivity contribution < 1.29 is 0 Å². The van der Waals surface area contributed by atoms with Gasteiger partial charge < -0.3 is 0 Å². The van der Waals surface area contributed by atoms with Crippen LogP contribution in [0.4, 0.5) is 0 Å². The Hall–Kier alpha value is -1.55. The van der Waals surface area contributed by atoms with Crippen molar-refractivity contribution in [1.29, 1.82) is 0 Å². The molecule has 0 N–H and O–H groups in total. The van der Waals surface area contributed by atoms with E-state index in [4.69, 9.17) is 4.98 Å². The maximum absolute atomic E-state index is 5.33. The lowest BCUT2D eigenvalue weighted by molar-refractivity contribution is 0.813. The average Bonchev–Trinajstić information content (AvgIpc) is 2.91. The van der Waals surface area contributed by atoms with E-state index in [1.807, 2.05) is 0 Å². The molecule has 0 radical (unpaired) electrons. The molecule has 3 rings (SSSR count). The van der Waals surface area contributed by atoms with Crippen LogP contribution in [0, 0.1) is 0 Å². The van der Waals surface area contributed by atoms with Crippen molar-refractivity contribution in [3.63, 3.8) is 0 Å². The van der Waals surface area contributed by atoms with Crippen LogP contribution in [0.3, 0.4) is 0 Å². The van der Waals surface area contributed by atoms with Gasteiger partial charge in [0.1, 0.15) is 0 Å². The highest BCUT2D eigenvalue weighted by atomic mass is 31.1. The second kappa shape index (κ2) is 15.0. The van der Waals surface area contributed by atoms with E-state index in [9.17, 15) is 0 Å². The molecule has 0 amide bonds. The van der Waals surface area contributed by atoms with Gasteiger partial charge in [-0.1, -0.05) is 129 Å². The van der Waals surface area contributed by atoms with Crippen LogP contribution in [-0.4, -0.2) is 18.3 Å². The van der Waals surface area contributed by atoms with Gasteiger partial charge in [0.25, 0.3) is 0 Å². The summed E-state index contributed by atoms with van der Waals surface area (Å²) in [7, 11) is -0.723. The summed E-state index contributed by atoms with van der Waals surface area (Å²) in [5.41, 5.74) is 11.7. The van der Waals surface area contributed by atoms with Crippen molar-refractivity contribution in [2.24, 2.45) is 0 Å². The minimum Gasteiger partial charge on any atom is -0.257 e. The van der Waals surface area contributed by atoms with Gasteiger partial charge in [0.05, 0.1) is 0 Å². The number of hydrogen-bond acceptors (Lipinski definition) is 1. The molecule has 1 aromatic heterocycles. The van der Waals surface area contributed by atoms with Crippen LogP contribution in [-0.2, 0) is 12.3 Å². The van der Waals surface area contributed by atoms with Gasteiger partial charge in [-0.2, -0.15) is 0 Å². The summed E-state index contributed by atoms with van der Waals surface area (Å²) in [5.74, 6) is 3.20. The van der Waals surface area contributed by atoms with Crippen molar-refractivity contribution in [3.8, 4) is 0 Å². The zero-order valence-electron chi connectivity index (χ0n) is 29.3. The standard InChI is InChI=1S/C39H59NP2/c1-24(2)30-18-34(26(5)6)38(35(19-30)27(7)8)41(13)22-32-16-15-17-33(40-32)23-42(14)39-36(28(9)10)20-31(25(3)4)21-37(39)29(11)12/h15-21,24-29H,22-23H2,1-14H3. The minimum absolute atomic E-state index is 0.361. The summed E-state index contributed by atoms with van der Waals surface area (Å²) in [6.07, 6.45) is 2.09. The first kappa shape index (κ1) is 34.9. The van der Waals surface area contributed by atoms with E-state index in [-0.39, 0.29) is 15.8 Å².